The van der Waals surface area contributed by atoms with Crippen LogP contribution in [0, 0.1) is 0 Å². The van der Waals surface area contributed by atoms with Crippen LogP contribution in [0.5, 0.6) is 5.75 Å². The summed E-state index contributed by atoms with van der Waals surface area (Å²) in [6.45, 7) is 2.02. The van der Waals surface area contributed by atoms with Gasteiger partial charge in [-0.2, -0.15) is 4.31 Å². The summed E-state index contributed by atoms with van der Waals surface area (Å²) in [5, 5.41) is 3.25. The first-order valence-electron chi connectivity index (χ1n) is 10.5. The summed E-state index contributed by atoms with van der Waals surface area (Å²) in [6, 6.07) is 11.9. The fourth-order valence-corrected chi connectivity index (χ4v) is 5.55. The van der Waals surface area contributed by atoms with Crippen LogP contribution in [0.1, 0.15) is 30.3 Å². The van der Waals surface area contributed by atoms with E-state index in [-0.39, 0.29) is 29.5 Å². The number of amides is 1. The van der Waals surface area contributed by atoms with E-state index < -0.39 is 27.9 Å². The van der Waals surface area contributed by atoms with Crippen LogP contribution < -0.4 is 10.1 Å². The fraction of sp³-hybridized carbons (Fsp3) is 0.304. The zero-order valence-corrected chi connectivity index (χ0v) is 19.1. The molecular formula is C23H24N2O7S. The van der Waals surface area contributed by atoms with Gasteiger partial charge in [0.05, 0.1) is 18.6 Å². The minimum atomic E-state index is -3.91. The van der Waals surface area contributed by atoms with E-state index >= 15 is 0 Å². The monoisotopic (exact) mass is 472 g/mol. The number of hydrogen-bond acceptors (Lipinski definition) is 7. The van der Waals surface area contributed by atoms with Crippen LogP contribution in [0.2, 0.25) is 0 Å². The molecule has 0 bridgehead atoms. The van der Waals surface area contributed by atoms with E-state index in [0.717, 1.165) is 0 Å². The topological polar surface area (TPSA) is 115 Å². The molecule has 33 heavy (non-hydrogen) atoms. The van der Waals surface area contributed by atoms with E-state index in [4.69, 9.17) is 13.9 Å². The highest BCUT2D eigenvalue weighted by Crippen LogP contribution is 2.33. The van der Waals surface area contributed by atoms with Gasteiger partial charge in [-0.15, -0.1) is 0 Å². The molecule has 1 aliphatic heterocycles. The third kappa shape index (κ3) is 4.31. The summed E-state index contributed by atoms with van der Waals surface area (Å²) in [5.74, 6) is -0.850. The molecule has 0 unspecified atom stereocenters. The normalized spacial score (nSPS) is 16.6. The number of fused-ring (bicyclic) bond motifs is 1. The number of carbonyl (C=O) groups excluding carboxylic acids is 2. The maximum Gasteiger partial charge on any atom is 0.376 e. The van der Waals surface area contributed by atoms with Gasteiger partial charge < -0.3 is 19.2 Å². The van der Waals surface area contributed by atoms with E-state index in [1.807, 2.05) is 0 Å². The number of methoxy groups -OCH3 is 1. The van der Waals surface area contributed by atoms with E-state index in [9.17, 15) is 18.0 Å². The standard InChI is InChI=1S/C23H24N2O7S/c1-3-31-23(27)21-20(17-7-4-5-9-19(17)32-21)24-22(26)18-8-6-14-25(18)33(28,29)16-12-10-15(30-2)11-13-16/h4-5,7,9-13,18H,3,6,8,14H2,1-2H3,(H,24,26)/t18-/m1/s1. The molecule has 0 radical (unpaired) electrons. The number of furan rings is 1. The smallest absolute Gasteiger partial charge is 0.376 e. The van der Waals surface area contributed by atoms with Gasteiger partial charge >= 0.3 is 5.97 Å². The highest BCUT2D eigenvalue weighted by molar-refractivity contribution is 7.89. The largest absolute Gasteiger partial charge is 0.497 e. The van der Waals surface area contributed by atoms with Crippen molar-refractivity contribution >= 4 is 38.6 Å². The number of anilines is 1. The molecular weight excluding hydrogens is 448 g/mol. The van der Waals surface area contributed by atoms with Crippen molar-refractivity contribution in [2.75, 3.05) is 25.6 Å². The van der Waals surface area contributed by atoms with E-state index in [1.165, 1.54) is 23.5 Å². The van der Waals surface area contributed by atoms with Gasteiger partial charge in [-0.3, -0.25) is 4.79 Å². The van der Waals surface area contributed by atoms with E-state index in [2.05, 4.69) is 5.32 Å². The lowest BCUT2D eigenvalue weighted by Gasteiger charge is -2.23. The molecule has 1 aliphatic rings. The summed E-state index contributed by atoms with van der Waals surface area (Å²) in [5.41, 5.74) is 0.577. The van der Waals surface area contributed by atoms with Gasteiger partial charge in [0.15, 0.2) is 0 Å². The summed E-state index contributed by atoms with van der Waals surface area (Å²) < 4.78 is 43.4. The van der Waals surface area contributed by atoms with Gasteiger partial charge in [-0.25, -0.2) is 13.2 Å². The summed E-state index contributed by atoms with van der Waals surface area (Å²) in [4.78, 5) is 25.7. The number of para-hydroxylation sites is 1. The Morgan fingerprint density at radius 1 is 1.15 bits per heavy atom. The lowest BCUT2D eigenvalue weighted by molar-refractivity contribution is -0.119. The summed E-state index contributed by atoms with van der Waals surface area (Å²) in [7, 11) is -2.42. The summed E-state index contributed by atoms with van der Waals surface area (Å²) >= 11 is 0. The van der Waals surface area contributed by atoms with Crippen molar-refractivity contribution in [2.45, 2.75) is 30.7 Å². The quantitative estimate of drug-likeness (QED) is 0.524. The van der Waals surface area contributed by atoms with Crippen LogP contribution in [-0.2, 0) is 19.6 Å². The first kappa shape index (κ1) is 22.8. The second kappa shape index (κ2) is 9.24. The Hall–Kier alpha value is -3.37. The van der Waals surface area contributed by atoms with Crippen LogP contribution in [0.25, 0.3) is 11.0 Å². The minimum absolute atomic E-state index is 0.0731. The highest BCUT2D eigenvalue weighted by Gasteiger charge is 2.40. The molecule has 10 heteroatoms. The van der Waals surface area contributed by atoms with E-state index in [0.29, 0.717) is 29.6 Å². The zero-order chi connectivity index (χ0) is 23.6. The second-order valence-electron chi connectivity index (χ2n) is 7.46. The Morgan fingerprint density at radius 2 is 1.88 bits per heavy atom. The number of benzene rings is 2. The fourth-order valence-electron chi connectivity index (χ4n) is 3.89. The Kier molecular flexibility index (Phi) is 6.39. The molecule has 0 aliphatic carbocycles. The molecule has 2 aromatic carbocycles. The van der Waals surface area contributed by atoms with Gasteiger partial charge in [-0.05, 0) is 56.2 Å². The van der Waals surface area contributed by atoms with Crippen LogP contribution in [0.4, 0.5) is 5.69 Å². The van der Waals surface area contributed by atoms with Gasteiger partial charge in [0.25, 0.3) is 0 Å². The van der Waals surface area contributed by atoms with Crippen molar-refractivity contribution in [3.05, 3.63) is 54.3 Å². The average Bonchev–Trinajstić information content (AvgIpc) is 3.45. The lowest BCUT2D eigenvalue weighted by atomic mass is 10.2. The number of esters is 1. The van der Waals surface area contributed by atoms with Crippen molar-refractivity contribution < 1.29 is 31.9 Å². The second-order valence-corrected chi connectivity index (χ2v) is 9.35. The van der Waals surface area contributed by atoms with Gasteiger partial charge in [0.2, 0.25) is 21.7 Å². The molecule has 0 saturated carbocycles. The van der Waals surface area contributed by atoms with Crippen molar-refractivity contribution in [2.24, 2.45) is 0 Å². The Balaban J connectivity index is 1.64. The third-order valence-electron chi connectivity index (χ3n) is 5.48. The molecule has 4 rings (SSSR count). The highest BCUT2D eigenvalue weighted by atomic mass is 32.2. The molecule has 9 nitrogen and oxygen atoms in total. The van der Waals surface area contributed by atoms with Crippen molar-refractivity contribution in [3.8, 4) is 5.75 Å². The van der Waals surface area contributed by atoms with Gasteiger partial charge in [-0.1, -0.05) is 12.1 Å². The predicted molar refractivity (Wildman–Crippen MR) is 121 cm³/mol. The lowest BCUT2D eigenvalue weighted by Crippen LogP contribution is -2.43. The molecule has 1 N–H and O–H groups in total. The first-order chi connectivity index (χ1) is 15.9. The number of nitrogens with one attached hydrogen (secondary N) is 1. The van der Waals surface area contributed by atoms with Crippen LogP contribution in [0.3, 0.4) is 0 Å². The van der Waals surface area contributed by atoms with Crippen molar-refractivity contribution in [3.63, 3.8) is 0 Å². The number of nitrogens with zero attached hydrogens (tertiary/aromatic N) is 1. The Labute approximate surface area is 191 Å². The molecule has 1 fully saturated rings. The maximum absolute atomic E-state index is 13.2. The Morgan fingerprint density at radius 3 is 2.58 bits per heavy atom. The van der Waals surface area contributed by atoms with Crippen molar-refractivity contribution in [1.82, 2.24) is 4.31 Å². The summed E-state index contributed by atoms with van der Waals surface area (Å²) in [6.07, 6.45) is 0.885. The molecule has 1 amide bonds. The molecule has 2 heterocycles. The van der Waals surface area contributed by atoms with Gasteiger partial charge in [0, 0.05) is 11.9 Å². The molecule has 1 aromatic heterocycles. The minimum Gasteiger partial charge on any atom is -0.497 e. The van der Waals surface area contributed by atoms with E-state index in [1.54, 1.807) is 43.3 Å². The zero-order valence-electron chi connectivity index (χ0n) is 18.2. The third-order valence-corrected chi connectivity index (χ3v) is 7.40. The number of sulfonamides is 1. The first-order valence-corrected chi connectivity index (χ1v) is 12.0. The molecule has 1 atom stereocenters. The molecule has 1 saturated heterocycles. The SMILES string of the molecule is CCOC(=O)c1oc2ccccc2c1NC(=O)[C@H]1CCCN1S(=O)(=O)c1ccc(OC)cc1. The predicted octanol–water partition coefficient (Wildman–Crippen LogP) is 3.41. The van der Waals surface area contributed by atoms with Crippen LogP contribution in [-0.4, -0.2) is 50.9 Å². The Bertz CT molecular complexity index is 1280. The van der Waals surface area contributed by atoms with Crippen LogP contribution in [0.15, 0.2) is 57.8 Å². The molecule has 3 aromatic rings. The number of rotatable bonds is 7. The molecule has 0 spiro atoms. The van der Waals surface area contributed by atoms with Crippen molar-refractivity contribution in [1.29, 1.82) is 0 Å². The average molecular weight is 473 g/mol. The molecule has 174 valence electrons. The van der Waals surface area contributed by atoms with Gasteiger partial charge in [0.1, 0.15) is 23.1 Å². The van der Waals surface area contributed by atoms with Crippen LogP contribution >= 0.6 is 0 Å². The number of ether oxygens (including phenoxy) is 2. The maximum atomic E-state index is 13.2. The number of hydrogen-bond donors (Lipinski definition) is 1. The number of carbonyl (C=O) groups is 2.